The van der Waals surface area contributed by atoms with Crippen molar-refractivity contribution in [3.63, 3.8) is 0 Å². The summed E-state index contributed by atoms with van der Waals surface area (Å²) in [6, 6.07) is 0. The topological polar surface area (TPSA) is 38.3 Å². The molecule has 0 aromatic heterocycles. The third kappa shape index (κ3) is 8.78. The van der Waals surface area contributed by atoms with Crippen LogP contribution in [0.15, 0.2) is 12.2 Å². The molecule has 3 nitrogen and oxygen atoms in total. The van der Waals surface area contributed by atoms with E-state index in [1.165, 1.54) is 44.9 Å². The van der Waals surface area contributed by atoms with Crippen LogP contribution in [0.5, 0.6) is 0 Å². The van der Waals surface area contributed by atoms with Gasteiger partial charge in [-0.05, 0) is 19.3 Å². The van der Waals surface area contributed by atoms with E-state index in [4.69, 9.17) is 4.74 Å². The van der Waals surface area contributed by atoms with Crippen molar-refractivity contribution in [1.29, 1.82) is 0 Å². The molecule has 0 aliphatic carbocycles. The normalized spacial score (nSPS) is 23.4. The van der Waals surface area contributed by atoms with Crippen molar-refractivity contribution >= 4 is 6.09 Å². The number of alkyl carbamates (subject to hydrolysis) is 1. The van der Waals surface area contributed by atoms with Crippen molar-refractivity contribution in [3.05, 3.63) is 12.2 Å². The van der Waals surface area contributed by atoms with Crippen LogP contribution in [0.4, 0.5) is 4.79 Å². The molecule has 0 bridgehead atoms. The van der Waals surface area contributed by atoms with Crippen LogP contribution in [-0.4, -0.2) is 19.2 Å². The number of ether oxygens (including phenoxy) is 1. The first-order valence-electron chi connectivity index (χ1n) is 6.95. The molecule has 98 valence electrons. The Hall–Kier alpha value is -0.990. The zero-order valence-electron chi connectivity index (χ0n) is 10.7. The third-order valence-electron chi connectivity index (χ3n) is 3.03. The van der Waals surface area contributed by atoms with Gasteiger partial charge in [0.2, 0.25) is 0 Å². The highest BCUT2D eigenvalue weighted by Crippen LogP contribution is 2.10. The van der Waals surface area contributed by atoms with Crippen LogP contribution < -0.4 is 5.32 Å². The molecule has 1 aliphatic heterocycles. The lowest BCUT2D eigenvalue weighted by Gasteiger charge is -2.06. The van der Waals surface area contributed by atoms with E-state index >= 15 is 0 Å². The standard InChI is InChI=1S/C14H25NO2/c16-14-15-12-10-8-6-4-2-1-3-5-7-9-11-13-17-14/h8,10H,1-7,9,11-13H2,(H,15,16)/b10-8+. The minimum Gasteiger partial charge on any atom is -0.450 e. The Balaban J connectivity index is 2.19. The molecule has 1 rings (SSSR count). The highest BCUT2D eigenvalue weighted by molar-refractivity contribution is 5.67. The minimum absolute atomic E-state index is 0.290. The summed E-state index contributed by atoms with van der Waals surface area (Å²) < 4.78 is 5.06. The van der Waals surface area contributed by atoms with Crippen LogP contribution in [0.2, 0.25) is 0 Å². The summed E-state index contributed by atoms with van der Waals surface area (Å²) >= 11 is 0. The van der Waals surface area contributed by atoms with E-state index in [9.17, 15) is 4.79 Å². The maximum atomic E-state index is 11.2. The van der Waals surface area contributed by atoms with E-state index < -0.39 is 0 Å². The van der Waals surface area contributed by atoms with Gasteiger partial charge in [0.15, 0.2) is 0 Å². The first-order valence-corrected chi connectivity index (χ1v) is 6.95. The van der Waals surface area contributed by atoms with Gasteiger partial charge in [0.1, 0.15) is 0 Å². The molecular weight excluding hydrogens is 214 g/mol. The number of cyclic esters (lactones) is 1. The second-order valence-corrected chi connectivity index (χ2v) is 4.61. The van der Waals surface area contributed by atoms with Gasteiger partial charge in [-0.1, -0.05) is 50.7 Å². The van der Waals surface area contributed by atoms with Gasteiger partial charge in [-0.3, -0.25) is 0 Å². The van der Waals surface area contributed by atoms with Crippen LogP contribution in [0.25, 0.3) is 0 Å². The molecule has 1 heterocycles. The van der Waals surface area contributed by atoms with Gasteiger partial charge in [0, 0.05) is 6.54 Å². The molecule has 1 amide bonds. The predicted molar refractivity (Wildman–Crippen MR) is 70.0 cm³/mol. The molecule has 0 radical (unpaired) electrons. The van der Waals surface area contributed by atoms with Gasteiger partial charge >= 0.3 is 6.09 Å². The third-order valence-corrected chi connectivity index (χ3v) is 3.03. The second kappa shape index (κ2) is 10.2. The first-order chi connectivity index (χ1) is 8.39. The quantitative estimate of drug-likeness (QED) is 0.653. The van der Waals surface area contributed by atoms with Crippen molar-refractivity contribution in [3.8, 4) is 0 Å². The Bertz CT molecular complexity index is 226. The first kappa shape index (κ1) is 14.1. The SMILES string of the molecule is O=C1NC/C=C/CCCCCCCCCCO1. The van der Waals surface area contributed by atoms with Crippen LogP contribution in [0, 0.1) is 0 Å². The highest BCUT2D eigenvalue weighted by Gasteiger charge is 1.99. The Labute approximate surface area is 105 Å². The summed E-state index contributed by atoms with van der Waals surface area (Å²) in [6.07, 6.45) is 15.0. The summed E-state index contributed by atoms with van der Waals surface area (Å²) in [7, 11) is 0. The van der Waals surface area contributed by atoms with Crippen LogP contribution in [0.3, 0.4) is 0 Å². The summed E-state index contributed by atoms with van der Waals surface area (Å²) in [6.45, 7) is 1.13. The lowest BCUT2D eigenvalue weighted by Crippen LogP contribution is -2.24. The van der Waals surface area contributed by atoms with Crippen LogP contribution >= 0.6 is 0 Å². The molecule has 0 aromatic carbocycles. The monoisotopic (exact) mass is 239 g/mol. The van der Waals surface area contributed by atoms with Crippen molar-refractivity contribution in [2.75, 3.05) is 13.2 Å². The van der Waals surface area contributed by atoms with Crippen molar-refractivity contribution < 1.29 is 9.53 Å². The molecule has 17 heavy (non-hydrogen) atoms. The fourth-order valence-electron chi connectivity index (χ4n) is 1.98. The summed E-state index contributed by atoms with van der Waals surface area (Å²) in [5.41, 5.74) is 0. The number of carbonyl (C=O) groups excluding carboxylic acids is 1. The molecule has 0 fully saturated rings. The number of allylic oxidation sites excluding steroid dienone is 1. The molecule has 1 N–H and O–H groups in total. The van der Waals surface area contributed by atoms with E-state index in [2.05, 4.69) is 11.4 Å². The molecular formula is C14H25NO2. The molecule has 0 aromatic rings. The predicted octanol–water partition coefficient (Wildman–Crippen LogP) is 3.79. The molecule has 0 saturated carbocycles. The number of rotatable bonds is 0. The molecule has 3 heteroatoms. The van der Waals surface area contributed by atoms with E-state index in [0.717, 1.165) is 12.8 Å². The van der Waals surface area contributed by atoms with Crippen molar-refractivity contribution in [2.45, 2.75) is 57.8 Å². The zero-order valence-corrected chi connectivity index (χ0v) is 10.7. The number of hydrogen-bond donors (Lipinski definition) is 1. The van der Waals surface area contributed by atoms with E-state index in [-0.39, 0.29) is 6.09 Å². The summed E-state index contributed by atoms with van der Waals surface area (Å²) in [5.74, 6) is 0. The van der Waals surface area contributed by atoms with E-state index in [1.807, 2.05) is 6.08 Å². The average molecular weight is 239 g/mol. The van der Waals surface area contributed by atoms with Gasteiger partial charge in [-0.2, -0.15) is 0 Å². The van der Waals surface area contributed by atoms with E-state index in [0.29, 0.717) is 13.2 Å². The smallest absolute Gasteiger partial charge is 0.407 e. The molecule has 0 saturated heterocycles. The van der Waals surface area contributed by atoms with E-state index in [1.54, 1.807) is 0 Å². The molecule has 0 atom stereocenters. The van der Waals surface area contributed by atoms with Gasteiger partial charge in [0.05, 0.1) is 6.61 Å². The van der Waals surface area contributed by atoms with Crippen LogP contribution in [0.1, 0.15) is 57.8 Å². The largest absolute Gasteiger partial charge is 0.450 e. The van der Waals surface area contributed by atoms with Crippen molar-refractivity contribution in [2.24, 2.45) is 0 Å². The Morgan fingerprint density at radius 3 is 2.29 bits per heavy atom. The number of hydrogen-bond acceptors (Lipinski definition) is 2. The van der Waals surface area contributed by atoms with Gasteiger partial charge in [0.25, 0.3) is 0 Å². The number of amides is 1. The minimum atomic E-state index is -0.290. The number of carbonyl (C=O) groups is 1. The van der Waals surface area contributed by atoms with Gasteiger partial charge < -0.3 is 10.1 Å². The summed E-state index contributed by atoms with van der Waals surface area (Å²) in [4.78, 5) is 11.2. The Kier molecular flexibility index (Phi) is 8.43. The molecule has 0 spiro atoms. The lowest BCUT2D eigenvalue weighted by molar-refractivity contribution is 0.145. The van der Waals surface area contributed by atoms with Crippen LogP contribution in [-0.2, 0) is 4.74 Å². The van der Waals surface area contributed by atoms with Gasteiger partial charge in [-0.15, -0.1) is 0 Å². The summed E-state index contributed by atoms with van der Waals surface area (Å²) in [5, 5.41) is 2.72. The fourth-order valence-corrected chi connectivity index (χ4v) is 1.98. The Morgan fingerprint density at radius 2 is 1.53 bits per heavy atom. The maximum absolute atomic E-state index is 11.2. The highest BCUT2D eigenvalue weighted by atomic mass is 16.5. The lowest BCUT2D eigenvalue weighted by atomic mass is 10.1. The van der Waals surface area contributed by atoms with Gasteiger partial charge in [-0.25, -0.2) is 4.79 Å². The zero-order chi connectivity index (χ0) is 12.2. The molecule has 1 aliphatic rings. The number of nitrogens with one attached hydrogen (secondary N) is 1. The second-order valence-electron chi connectivity index (χ2n) is 4.61. The molecule has 0 unspecified atom stereocenters. The van der Waals surface area contributed by atoms with Crippen molar-refractivity contribution in [1.82, 2.24) is 5.32 Å². The average Bonchev–Trinajstić information content (AvgIpc) is 2.32. The Morgan fingerprint density at radius 1 is 0.882 bits per heavy atom. The maximum Gasteiger partial charge on any atom is 0.407 e. The fraction of sp³-hybridized carbons (Fsp3) is 0.786.